The van der Waals surface area contributed by atoms with Crippen LogP contribution in [0.1, 0.15) is 30.9 Å². The number of fused-ring (bicyclic) bond motifs is 3. The first-order chi connectivity index (χ1) is 13.3. The van der Waals surface area contributed by atoms with Crippen LogP contribution in [0.4, 0.5) is 0 Å². The lowest BCUT2D eigenvalue weighted by Crippen LogP contribution is -2.03. The molecule has 27 heavy (non-hydrogen) atoms. The van der Waals surface area contributed by atoms with Gasteiger partial charge in [0.05, 0.1) is 4.47 Å². The summed E-state index contributed by atoms with van der Waals surface area (Å²) in [4.78, 5) is 4.97. The van der Waals surface area contributed by atoms with Gasteiger partial charge in [0.1, 0.15) is 11.2 Å². The smallest absolute Gasteiger partial charge is 0.149 e. The van der Waals surface area contributed by atoms with Crippen LogP contribution >= 0.6 is 15.9 Å². The average Bonchev–Trinajstić information content (AvgIpc) is 3.09. The van der Waals surface area contributed by atoms with Crippen LogP contribution < -0.4 is 0 Å². The Morgan fingerprint density at radius 1 is 0.889 bits per heavy atom. The number of aliphatic imine (C=N–C) groups is 1. The second-order valence-corrected chi connectivity index (χ2v) is 7.57. The molecule has 0 bridgehead atoms. The van der Waals surface area contributed by atoms with Crippen LogP contribution in [0.25, 0.3) is 21.9 Å². The topological polar surface area (TPSA) is 25.5 Å². The molecule has 0 atom stereocenters. The molecule has 0 unspecified atom stereocenters. The first-order valence-corrected chi connectivity index (χ1v) is 10.2. The van der Waals surface area contributed by atoms with Crippen molar-refractivity contribution in [1.82, 2.24) is 0 Å². The van der Waals surface area contributed by atoms with Gasteiger partial charge in [-0.05, 0) is 46.5 Å². The first-order valence-electron chi connectivity index (χ1n) is 9.45. The van der Waals surface area contributed by atoms with E-state index in [2.05, 4.69) is 83.5 Å². The van der Waals surface area contributed by atoms with Crippen LogP contribution in [0, 0.1) is 0 Å². The standard InChI is InChI=1S/C24H22BrNO/c1-2-8-22(26-16-15-17-9-4-3-5-10-17)20-13-6-11-18-19-12-7-14-21(25)24(19)27-23(18)20/h3-7,9-14H,2,8,15-16H2,1H3. The van der Waals surface area contributed by atoms with E-state index in [9.17, 15) is 0 Å². The second-order valence-electron chi connectivity index (χ2n) is 6.71. The third-order valence-corrected chi connectivity index (χ3v) is 5.44. The highest BCUT2D eigenvalue weighted by Gasteiger charge is 2.15. The van der Waals surface area contributed by atoms with Crippen LogP contribution in [0.15, 0.2) is 80.6 Å². The predicted octanol–water partition coefficient (Wildman–Crippen LogP) is 7.18. The monoisotopic (exact) mass is 419 g/mol. The minimum atomic E-state index is 0.791. The molecule has 2 nitrogen and oxygen atoms in total. The van der Waals surface area contributed by atoms with Crippen molar-refractivity contribution in [3.05, 3.63) is 82.3 Å². The van der Waals surface area contributed by atoms with E-state index in [0.29, 0.717) is 0 Å². The van der Waals surface area contributed by atoms with E-state index in [1.54, 1.807) is 0 Å². The zero-order valence-corrected chi connectivity index (χ0v) is 17.0. The van der Waals surface area contributed by atoms with Crippen molar-refractivity contribution >= 4 is 43.6 Å². The highest BCUT2D eigenvalue weighted by atomic mass is 79.9. The molecule has 0 saturated carbocycles. The molecular weight excluding hydrogens is 398 g/mol. The van der Waals surface area contributed by atoms with Gasteiger partial charge in [-0.15, -0.1) is 0 Å². The summed E-state index contributed by atoms with van der Waals surface area (Å²) < 4.78 is 7.26. The fraction of sp³-hybridized carbons (Fsp3) is 0.208. The Kier molecular flexibility index (Phi) is 5.40. The van der Waals surface area contributed by atoms with Crippen LogP contribution in [0.2, 0.25) is 0 Å². The average molecular weight is 420 g/mol. The Morgan fingerprint density at radius 3 is 2.41 bits per heavy atom. The maximum Gasteiger partial charge on any atom is 0.149 e. The van der Waals surface area contributed by atoms with Crippen molar-refractivity contribution in [2.24, 2.45) is 4.99 Å². The summed E-state index contributed by atoms with van der Waals surface area (Å²) in [6.45, 7) is 2.99. The molecule has 3 heteroatoms. The van der Waals surface area contributed by atoms with Gasteiger partial charge in [0.15, 0.2) is 0 Å². The van der Waals surface area contributed by atoms with E-state index in [0.717, 1.165) is 63.5 Å². The number of para-hydroxylation sites is 2. The Balaban J connectivity index is 1.74. The number of nitrogens with zero attached hydrogens (tertiary/aromatic N) is 1. The zero-order chi connectivity index (χ0) is 18.6. The lowest BCUT2D eigenvalue weighted by molar-refractivity contribution is 0.665. The fourth-order valence-corrected chi connectivity index (χ4v) is 3.96. The largest absolute Gasteiger partial charge is 0.454 e. The van der Waals surface area contributed by atoms with Gasteiger partial charge in [-0.2, -0.15) is 0 Å². The van der Waals surface area contributed by atoms with Gasteiger partial charge < -0.3 is 4.42 Å². The number of rotatable bonds is 6. The van der Waals surface area contributed by atoms with E-state index >= 15 is 0 Å². The van der Waals surface area contributed by atoms with Crippen LogP contribution in [0.5, 0.6) is 0 Å². The van der Waals surface area contributed by atoms with Crippen molar-refractivity contribution < 1.29 is 4.42 Å². The fourth-order valence-electron chi connectivity index (χ4n) is 3.51. The van der Waals surface area contributed by atoms with E-state index in [4.69, 9.17) is 9.41 Å². The molecule has 0 fully saturated rings. The summed E-state index contributed by atoms with van der Waals surface area (Å²) in [7, 11) is 0. The Bertz CT molecular complexity index is 1100. The number of benzene rings is 3. The van der Waals surface area contributed by atoms with E-state index < -0.39 is 0 Å². The zero-order valence-electron chi connectivity index (χ0n) is 15.4. The molecule has 1 heterocycles. The van der Waals surface area contributed by atoms with Gasteiger partial charge in [0.25, 0.3) is 0 Å². The van der Waals surface area contributed by atoms with Gasteiger partial charge >= 0.3 is 0 Å². The summed E-state index contributed by atoms with van der Waals surface area (Å²) in [5.41, 5.74) is 5.41. The number of hydrogen-bond acceptors (Lipinski definition) is 2. The highest BCUT2D eigenvalue weighted by molar-refractivity contribution is 9.10. The molecule has 1 aromatic heterocycles. The summed E-state index contributed by atoms with van der Waals surface area (Å²) in [5.74, 6) is 0. The molecule has 0 spiro atoms. The third kappa shape index (κ3) is 3.70. The molecule has 136 valence electrons. The van der Waals surface area contributed by atoms with Crippen molar-refractivity contribution in [3.63, 3.8) is 0 Å². The van der Waals surface area contributed by atoms with Crippen molar-refractivity contribution in [3.8, 4) is 0 Å². The maximum absolute atomic E-state index is 6.28. The molecule has 0 aliphatic rings. The summed E-state index contributed by atoms with van der Waals surface area (Å²) in [6, 6.07) is 23.1. The lowest BCUT2D eigenvalue weighted by atomic mass is 10.0. The SMILES string of the molecule is CCCC(=NCCc1ccccc1)c1cccc2c1oc1c(Br)cccc12. The first kappa shape index (κ1) is 18.0. The van der Waals surface area contributed by atoms with Crippen LogP contribution in [-0.4, -0.2) is 12.3 Å². The quantitative estimate of drug-likeness (QED) is 0.303. The molecule has 0 aliphatic carbocycles. The van der Waals surface area contributed by atoms with Gasteiger partial charge in [-0.25, -0.2) is 0 Å². The van der Waals surface area contributed by atoms with Gasteiger partial charge in [-0.1, -0.05) is 67.9 Å². The molecule has 4 rings (SSSR count). The molecule has 3 aromatic carbocycles. The van der Waals surface area contributed by atoms with E-state index in [1.165, 1.54) is 5.56 Å². The summed E-state index contributed by atoms with van der Waals surface area (Å²) >= 11 is 3.61. The van der Waals surface area contributed by atoms with Crippen molar-refractivity contribution in [1.29, 1.82) is 0 Å². The highest BCUT2D eigenvalue weighted by Crippen LogP contribution is 2.35. The third-order valence-electron chi connectivity index (χ3n) is 4.82. The van der Waals surface area contributed by atoms with Crippen LogP contribution in [0.3, 0.4) is 0 Å². The van der Waals surface area contributed by atoms with Gasteiger partial charge in [0.2, 0.25) is 0 Å². The molecule has 4 aromatic rings. The number of furan rings is 1. The minimum Gasteiger partial charge on any atom is -0.454 e. The second kappa shape index (κ2) is 8.10. The van der Waals surface area contributed by atoms with E-state index in [1.807, 2.05) is 6.07 Å². The predicted molar refractivity (Wildman–Crippen MR) is 118 cm³/mol. The minimum absolute atomic E-state index is 0.791. The van der Waals surface area contributed by atoms with Crippen molar-refractivity contribution in [2.75, 3.05) is 6.54 Å². The lowest BCUT2D eigenvalue weighted by Gasteiger charge is -2.07. The van der Waals surface area contributed by atoms with Crippen molar-refractivity contribution in [2.45, 2.75) is 26.2 Å². The Labute approximate surface area is 168 Å². The summed E-state index contributed by atoms with van der Waals surface area (Å²) in [5, 5.41) is 2.29. The van der Waals surface area contributed by atoms with Crippen LogP contribution in [-0.2, 0) is 6.42 Å². The molecule has 0 amide bonds. The van der Waals surface area contributed by atoms with Gasteiger partial charge in [0, 0.05) is 28.6 Å². The van der Waals surface area contributed by atoms with E-state index in [-0.39, 0.29) is 0 Å². The molecular formula is C24H22BrNO. The summed E-state index contributed by atoms with van der Waals surface area (Å²) in [6.07, 6.45) is 2.96. The molecule has 0 N–H and O–H groups in total. The molecule has 0 radical (unpaired) electrons. The number of halogens is 1. The Hall–Kier alpha value is -2.39. The molecule has 0 aliphatic heterocycles. The Morgan fingerprint density at radius 2 is 1.63 bits per heavy atom. The normalized spacial score (nSPS) is 12.1. The molecule has 0 saturated heterocycles. The number of hydrogen-bond donors (Lipinski definition) is 0. The van der Waals surface area contributed by atoms with Gasteiger partial charge in [-0.3, -0.25) is 4.99 Å². The maximum atomic E-state index is 6.28.